The number of carboxylic acid groups (broad SMARTS) is 1. The van der Waals surface area contributed by atoms with Gasteiger partial charge in [-0.2, -0.15) is 0 Å². The maximum atomic E-state index is 10.5. The van der Waals surface area contributed by atoms with Crippen LogP contribution in [0.1, 0.15) is 30.7 Å². The smallest absolute Gasteiger partial charge is 0.303 e. The van der Waals surface area contributed by atoms with Gasteiger partial charge in [-0.25, -0.2) is 0 Å². The van der Waals surface area contributed by atoms with Gasteiger partial charge in [-0.15, -0.1) is 0 Å². The summed E-state index contributed by atoms with van der Waals surface area (Å²) in [7, 11) is 2.16. The fraction of sp³-hybridized carbons (Fsp3) is 0.471. The summed E-state index contributed by atoms with van der Waals surface area (Å²) in [5, 5.41) is 8.62. The first kappa shape index (κ1) is 14.8. The Kier molecular flexibility index (Phi) is 5.36. The van der Waals surface area contributed by atoms with Gasteiger partial charge >= 0.3 is 5.97 Å². The third-order valence-electron chi connectivity index (χ3n) is 3.92. The first-order chi connectivity index (χ1) is 9.66. The summed E-state index contributed by atoms with van der Waals surface area (Å²) in [4.78, 5) is 12.8. The number of hydrogen-bond acceptors (Lipinski definition) is 2. The number of unbranched alkanes of at least 4 members (excludes halogenated alkanes) is 1. The number of rotatable bonds is 6. The van der Waals surface area contributed by atoms with E-state index in [0.29, 0.717) is 11.8 Å². The molecule has 3 nitrogen and oxygen atoms in total. The average Bonchev–Trinajstić information content (AvgIpc) is 2.80. The molecule has 1 saturated heterocycles. The van der Waals surface area contributed by atoms with Crippen molar-refractivity contribution in [2.24, 2.45) is 5.92 Å². The highest BCUT2D eigenvalue weighted by atomic mass is 16.4. The number of allylic oxidation sites excluding steroid dienone is 1. The molecule has 3 heteroatoms. The molecule has 0 bridgehead atoms. The molecule has 2 atom stereocenters. The van der Waals surface area contributed by atoms with Crippen molar-refractivity contribution in [3.8, 4) is 0 Å². The molecular formula is C17H23NO2. The van der Waals surface area contributed by atoms with E-state index in [1.54, 1.807) is 0 Å². The molecule has 1 aliphatic rings. The maximum Gasteiger partial charge on any atom is 0.303 e. The highest BCUT2D eigenvalue weighted by molar-refractivity contribution is 5.66. The molecule has 0 aliphatic carbocycles. The summed E-state index contributed by atoms with van der Waals surface area (Å²) in [5.41, 5.74) is 1.40. The lowest BCUT2D eigenvalue weighted by Gasteiger charge is -2.15. The summed E-state index contributed by atoms with van der Waals surface area (Å²) in [6, 6.07) is 10.7. The maximum absolute atomic E-state index is 10.5. The zero-order valence-electron chi connectivity index (χ0n) is 12.0. The molecule has 108 valence electrons. The quantitative estimate of drug-likeness (QED) is 0.639. The minimum absolute atomic E-state index is 0.261. The second-order valence-corrected chi connectivity index (χ2v) is 5.62. The zero-order valence-corrected chi connectivity index (χ0v) is 12.0. The Hall–Kier alpha value is -1.61. The highest BCUT2D eigenvalue weighted by Gasteiger charge is 2.29. The van der Waals surface area contributed by atoms with Gasteiger partial charge in [0.1, 0.15) is 0 Å². The van der Waals surface area contributed by atoms with Gasteiger partial charge in [0, 0.05) is 25.4 Å². The highest BCUT2D eigenvalue weighted by Crippen LogP contribution is 2.32. The summed E-state index contributed by atoms with van der Waals surface area (Å²) >= 11 is 0. The lowest BCUT2D eigenvalue weighted by molar-refractivity contribution is -0.137. The van der Waals surface area contributed by atoms with E-state index in [-0.39, 0.29) is 6.42 Å². The number of nitrogens with zero attached hydrogens (tertiary/aromatic N) is 1. The van der Waals surface area contributed by atoms with Crippen LogP contribution in [0.2, 0.25) is 0 Å². The fourth-order valence-electron chi connectivity index (χ4n) is 2.92. The van der Waals surface area contributed by atoms with Crippen LogP contribution in [0.15, 0.2) is 42.5 Å². The van der Waals surface area contributed by atoms with Crippen molar-refractivity contribution in [2.45, 2.75) is 25.2 Å². The van der Waals surface area contributed by atoms with E-state index in [2.05, 4.69) is 54.4 Å². The van der Waals surface area contributed by atoms with E-state index in [0.717, 1.165) is 25.9 Å². The molecule has 0 amide bonds. The van der Waals surface area contributed by atoms with Gasteiger partial charge in [-0.05, 0) is 31.4 Å². The SMILES string of the molecule is CN1CC(/C=C\CCCC(=O)O)C(c2ccccc2)C1. The van der Waals surface area contributed by atoms with Crippen molar-refractivity contribution in [3.63, 3.8) is 0 Å². The molecule has 0 radical (unpaired) electrons. The van der Waals surface area contributed by atoms with Crippen LogP contribution in [0, 0.1) is 5.92 Å². The number of likely N-dealkylation sites (tertiary alicyclic amines) is 1. The molecule has 0 saturated carbocycles. The van der Waals surface area contributed by atoms with E-state index in [1.165, 1.54) is 5.56 Å². The van der Waals surface area contributed by atoms with E-state index < -0.39 is 5.97 Å². The van der Waals surface area contributed by atoms with Crippen LogP contribution in [-0.4, -0.2) is 36.1 Å². The Bertz CT molecular complexity index is 455. The van der Waals surface area contributed by atoms with Crippen molar-refractivity contribution in [1.82, 2.24) is 4.90 Å². The molecule has 1 heterocycles. The molecule has 1 aromatic rings. The first-order valence-corrected chi connectivity index (χ1v) is 7.29. The van der Waals surface area contributed by atoms with Gasteiger partial charge < -0.3 is 10.0 Å². The van der Waals surface area contributed by atoms with Crippen molar-refractivity contribution in [2.75, 3.05) is 20.1 Å². The monoisotopic (exact) mass is 273 g/mol. The van der Waals surface area contributed by atoms with Crippen LogP contribution in [0.3, 0.4) is 0 Å². The Morgan fingerprint density at radius 1 is 1.35 bits per heavy atom. The standard InChI is InChI=1S/C17H23NO2/c1-18-12-15(10-6-3-7-11-17(19)20)16(13-18)14-8-4-2-5-9-14/h2,4-6,8-10,15-16H,3,7,11-13H2,1H3,(H,19,20)/b10-6-. The molecule has 0 aromatic heterocycles. The van der Waals surface area contributed by atoms with E-state index >= 15 is 0 Å². The van der Waals surface area contributed by atoms with Gasteiger partial charge in [0.25, 0.3) is 0 Å². The van der Waals surface area contributed by atoms with Gasteiger partial charge in [0.05, 0.1) is 0 Å². The van der Waals surface area contributed by atoms with E-state index in [9.17, 15) is 4.79 Å². The molecule has 1 N–H and O–H groups in total. The predicted molar refractivity (Wildman–Crippen MR) is 80.8 cm³/mol. The van der Waals surface area contributed by atoms with Crippen LogP contribution < -0.4 is 0 Å². The predicted octanol–water partition coefficient (Wildman–Crippen LogP) is 3.14. The number of carboxylic acids is 1. The molecule has 2 rings (SSSR count). The van der Waals surface area contributed by atoms with Crippen LogP contribution in [0.25, 0.3) is 0 Å². The van der Waals surface area contributed by atoms with Crippen LogP contribution in [-0.2, 0) is 4.79 Å². The minimum Gasteiger partial charge on any atom is -0.481 e. The topological polar surface area (TPSA) is 40.5 Å². The number of hydrogen-bond donors (Lipinski definition) is 1. The Morgan fingerprint density at radius 3 is 2.80 bits per heavy atom. The third-order valence-corrected chi connectivity index (χ3v) is 3.92. The normalized spacial score (nSPS) is 23.4. The van der Waals surface area contributed by atoms with E-state index in [1.807, 2.05) is 0 Å². The first-order valence-electron chi connectivity index (χ1n) is 7.29. The lowest BCUT2D eigenvalue weighted by atomic mass is 9.88. The zero-order chi connectivity index (χ0) is 14.4. The molecule has 1 aromatic carbocycles. The summed E-state index contributed by atoms with van der Waals surface area (Å²) in [5.74, 6) is 0.380. The van der Waals surface area contributed by atoms with Crippen LogP contribution in [0.5, 0.6) is 0 Å². The van der Waals surface area contributed by atoms with E-state index in [4.69, 9.17) is 5.11 Å². The van der Waals surface area contributed by atoms with Crippen molar-refractivity contribution in [1.29, 1.82) is 0 Å². The number of aliphatic carboxylic acids is 1. The molecular weight excluding hydrogens is 250 g/mol. The third kappa shape index (κ3) is 4.20. The number of likely N-dealkylation sites (N-methyl/N-ethyl adjacent to an activating group) is 1. The van der Waals surface area contributed by atoms with Crippen molar-refractivity contribution >= 4 is 5.97 Å². The van der Waals surface area contributed by atoms with Crippen LogP contribution in [0.4, 0.5) is 0 Å². The van der Waals surface area contributed by atoms with Gasteiger partial charge in [0.15, 0.2) is 0 Å². The summed E-state index contributed by atoms with van der Waals surface area (Å²) in [6.45, 7) is 2.17. The second-order valence-electron chi connectivity index (χ2n) is 5.62. The summed E-state index contributed by atoms with van der Waals surface area (Å²) in [6.07, 6.45) is 6.28. The minimum atomic E-state index is -0.707. The van der Waals surface area contributed by atoms with Crippen molar-refractivity contribution in [3.05, 3.63) is 48.0 Å². The second kappa shape index (κ2) is 7.25. The van der Waals surface area contributed by atoms with Gasteiger partial charge in [-0.3, -0.25) is 4.79 Å². The average molecular weight is 273 g/mol. The molecule has 1 fully saturated rings. The molecule has 1 aliphatic heterocycles. The Labute approximate surface area is 120 Å². The summed E-state index contributed by atoms with van der Waals surface area (Å²) < 4.78 is 0. The van der Waals surface area contributed by atoms with Gasteiger partial charge in [-0.1, -0.05) is 42.5 Å². The lowest BCUT2D eigenvalue weighted by Crippen LogP contribution is -2.13. The number of benzene rings is 1. The number of carbonyl (C=O) groups is 1. The molecule has 20 heavy (non-hydrogen) atoms. The molecule has 0 spiro atoms. The Balaban J connectivity index is 1.92. The van der Waals surface area contributed by atoms with Crippen molar-refractivity contribution < 1.29 is 9.90 Å². The van der Waals surface area contributed by atoms with Crippen LogP contribution >= 0.6 is 0 Å². The fourth-order valence-corrected chi connectivity index (χ4v) is 2.92. The Morgan fingerprint density at radius 2 is 2.10 bits per heavy atom. The largest absolute Gasteiger partial charge is 0.481 e. The van der Waals surface area contributed by atoms with Gasteiger partial charge in [0.2, 0.25) is 0 Å². The molecule has 2 unspecified atom stereocenters.